The van der Waals surface area contributed by atoms with Crippen molar-refractivity contribution < 1.29 is 51.9 Å². The first-order valence-electron chi connectivity index (χ1n) is 5.43. The summed E-state index contributed by atoms with van der Waals surface area (Å²) in [6, 6.07) is 0. The second-order valence-corrected chi connectivity index (χ2v) is 13.0. The lowest BCUT2D eigenvalue weighted by atomic mass is 10.5. The Morgan fingerprint density at radius 3 is 1.00 bits per heavy atom. The molecule has 0 fully saturated rings. The zero-order valence-electron chi connectivity index (χ0n) is 11.3. The molecule has 0 aliphatic rings. The molecule has 0 saturated heterocycles. The third-order valence-corrected chi connectivity index (χ3v) is 9.51. The molecule has 0 radical (unpaired) electrons. The Labute approximate surface area is 147 Å². The van der Waals surface area contributed by atoms with Crippen molar-refractivity contribution in [1.82, 2.24) is 0 Å². The summed E-state index contributed by atoms with van der Waals surface area (Å²) in [5.41, 5.74) is 0. The lowest BCUT2D eigenvalue weighted by molar-refractivity contribution is 0.442. The molecular formula is C6H10O12S6-4. The smallest absolute Gasteiger partial charge is 0.0993 e. The van der Waals surface area contributed by atoms with Gasteiger partial charge in [-0.05, 0) is 0 Å². The first kappa shape index (κ1) is 24.3. The summed E-state index contributed by atoms with van der Waals surface area (Å²) in [6.45, 7) is 0. The summed E-state index contributed by atoms with van der Waals surface area (Å²) in [7, 11) is -19.5. The highest BCUT2D eigenvalue weighted by Crippen LogP contribution is 2.27. The minimum Gasteiger partial charge on any atom is -0.748 e. The van der Waals surface area contributed by atoms with Crippen LogP contribution in [0.1, 0.15) is 0 Å². The van der Waals surface area contributed by atoms with Crippen LogP contribution in [0, 0.1) is 0 Å². The van der Waals surface area contributed by atoms with Crippen molar-refractivity contribution in [3.63, 3.8) is 0 Å². The third kappa shape index (κ3) is 11.8. The summed E-state index contributed by atoms with van der Waals surface area (Å²) in [6.07, 6.45) is 0. The highest BCUT2D eigenvalue weighted by Gasteiger charge is 2.22. The zero-order valence-corrected chi connectivity index (χ0v) is 16.2. The summed E-state index contributed by atoms with van der Waals surface area (Å²) in [4.78, 5) is 0. The molecule has 0 rings (SSSR count). The highest BCUT2D eigenvalue weighted by molar-refractivity contribution is 8.76. The summed E-state index contributed by atoms with van der Waals surface area (Å²) < 4.78 is 128. The van der Waals surface area contributed by atoms with E-state index in [0.717, 1.165) is 0 Å². The van der Waals surface area contributed by atoms with E-state index in [1.807, 2.05) is 0 Å². The molecule has 0 heterocycles. The van der Waals surface area contributed by atoms with Crippen molar-refractivity contribution in [1.29, 1.82) is 0 Å². The molecule has 0 spiro atoms. The Balaban J connectivity index is 4.82. The van der Waals surface area contributed by atoms with Gasteiger partial charge in [0.15, 0.2) is 0 Å². The molecular weight excluding hydrogens is 456 g/mol. The maximum absolute atomic E-state index is 10.8. The first-order valence-corrected chi connectivity index (χ1v) is 14.0. The molecule has 2 atom stereocenters. The van der Waals surface area contributed by atoms with Gasteiger partial charge in [-0.1, -0.05) is 21.6 Å². The van der Waals surface area contributed by atoms with Crippen molar-refractivity contribution in [3.05, 3.63) is 0 Å². The first-order chi connectivity index (χ1) is 10.4. The second kappa shape index (κ2) is 8.82. The van der Waals surface area contributed by atoms with Crippen molar-refractivity contribution in [2.24, 2.45) is 0 Å². The van der Waals surface area contributed by atoms with Crippen LogP contribution in [0.5, 0.6) is 0 Å². The number of hydrogen-bond donors (Lipinski definition) is 0. The van der Waals surface area contributed by atoms with Gasteiger partial charge in [-0.25, -0.2) is 33.7 Å². The van der Waals surface area contributed by atoms with Crippen molar-refractivity contribution >= 4 is 62.1 Å². The number of hydrogen-bond acceptors (Lipinski definition) is 14. The van der Waals surface area contributed by atoms with Gasteiger partial charge >= 0.3 is 0 Å². The van der Waals surface area contributed by atoms with E-state index < -0.39 is 74.0 Å². The van der Waals surface area contributed by atoms with Crippen LogP contribution in [0.2, 0.25) is 0 Å². The molecule has 24 heavy (non-hydrogen) atoms. The van der Waals surface area contributed by atoms with Crippen LogP contribution in [0.15, 0.2) is 0 Å². The molecule has 0 N–H and O–H groups in total. The monoisotopic (exact) mass is 466 g/mol. The van der Waals surface area contributed by atoms with Gasteiger partial charge in [0.1, 0.15) is 0 Å². The van der Waals surface area contributed by atoms with E-state index in [2.05, 4.69) is 0 Å². The maximum atomic E-state index is 10.8. The predicted octanol–water partition coefficient (Wildman–Crippen LogP) is -2.71. The molecule has 12 nitrogen and oxygen atoms in total. The van der Waals surface area contributed by atoms with Gasteiger partial charge in [-0.15, -0.1) is 0 Å². The second-order valence-electron chi connectivity index (χ2n) is 4.25. The van der Waals surface area contributed by atoms with E-state index in [-0.39, 0.29) is 0 Å². The molecule has 0 aromatic rings. The minimum absolute atomic E-state index is 0.433. The molecule has 0 saturated carbocycles. The van der Waals surface area contributed by atoms with E-state index in [9.17, 15) is 51.9 Å². The Bertz CT molecular complexity index is 748. The van der Waals surface area contributed by atoms with Crippen LogP contribution in [0.3, 0.4) is 0 Å². The van der Waals surface area contributed by atoms with Gasteiger partial charge < -0.3 is 18.2 Å². The van der Waals surface area contributed by atoms with E-state index >= 15 is 0 Å². The molecule has 0 aromatic carbocycles. The Hall–Kier alpha value is 0.340. The standard InChI is InChI=1S/C6H14O12S6/c7-21(8,9)3-5(23(13,14)15)1-19-20-2-6(24(16,17)18)4-22(10,11)12/h5-6H,1-4H2,(H,7,8,9)(H,10,11,12)(H,13,14,15)(H,16,17,18)/p-4. The van der Waals surface area contributed by atoms with Crippen LogP contribution in [-0.4, -0.2) is 85.4 Å². The lowest BCUT2D eigenvalue weighted by Gasteiger charge is -2.23. The van der Waals surface area contributed by atoms with E-state index in [1.54, 1.807) is 0 Å². The summed E-state index contributed by atoms with van der Waals surface area (Å²) >= 11 is 0. The lowest BCUT2D eigenvalue weighted by Crippen LogP contribution is -2.32. The topological polar surface area (TPSA) is 229 Å². The fourth-order valence-corrected chi connectivity index (χ4v) is 9.46. The highest BCUT2D eigenvalue weighted by atomic mass is 33.1. The van der Waals surface area contributed by atoms with Crippen LogP contribution in [0.25, 0.3) is 0 Å². The zero-order chi connectivity index (χ0) is 19.4. The van der Waals surface area contributed by atoms with Crippen molar-refractivity contribution in [3.8, 4) is 0 Å². The minimum atomic E-state index is -5.15. The van der Waals surface area contributed by atoms with Crippen LogP contribution >= 0.6 is 21.6 Å². The molecule has 2 unspecified atom stereocenters. The van der Waals surface area contributed by atoms with Gasteiger partial charge in [0.25, 0.3) is 0 Å². The van der Waals surface area contributed by atoms with Gasteiger partial charge in [0.05, 0.1) is 62.5 Å². The van der Waals surface area contributed by atoms with E-state index in [0.29, 0.717) is 21.6 Å². The molecule has 18 heteroatoms. The molecule has 0 bridgehead atoms. The SMILES string of the molecule is O=S(=O)([O-])CC(CSSCC(CS(=O)(=O)[O-])S(=O)(=O)[O-])S(=O)(=O)[O-]. The molecule has 0 aromatic heterocycles. The van der Waals surface area contributed by atoms with Crippen LogP contribution < -0.4 is 0 Å². The third-order valence-electron chi connectivity index (χ3n) is 2.19. The van der Waals surface area contributed by atoms with Gasteiger partial charge in [0.2, 0.25) is 0 Å². The number of rotatable bonds is 11. The summed E-state index contributed by atoms with van der Waals surface area (Å²) in [5.74, 6) is -4.45. The van der Waals surface area contributed by atoms with Crippen molar-refractivity contribution in [2.45, 2.75) is 10.5 Å². The predicted molar refractivity (Wildman–Crippen MR) is 81.0 cm³/mol. The summed E-state index contributed by atoms with van der Waals surface area (Å²) in [5, 5.41) is -4.22. The average Bonchev–Trinajstić information content (AvgIpc) is 2.25. The fourth-order valence-electron chi connectivity index (χ4n) is 1.13. The largest absolute Gasteiger partial charge is 0.748 e. The normalized spacial score (nSPS) is 16.7. The van der Waals surface area contributed by atoms with Gasteiger partial charge in [0, 0.05) is 11.5 Å². The maximum Gasteiger partial charge on any atom is 0.0993 e. The Kier molecular flexibility index (Phi) is 8.95. The van der Waals surface area contributed by atoms with Gasteiger partial charge in [-0.2, -0.15) is 0 Å². The van der Waals surface area contributed by atoms with Gasteiger partial charge in [-0.3, -0.25) is 0 Å². The van der Waals surface area contributed by atoms with Crippen LogP contribution in [-0.2, 0) is 40.5 Å². The average molecular weight is 467 g/mol. The Morgan fingerprint density at radius 2 is 0.833 bits per heavy atom. The molecule has 0 aliphatic heterocycles. The molecule has 0 aliphatic carbocycles. The molecule has 0 amide bonds. The Morgan fingerprint density at radius 1 is 0.583 bits per heavy atom. The quantitative estimate of drug-likeness (QED) is 0.171. The molecule has 146 valence electrons. The van der Waals surface area contributed by atoms with Crippen LogP contribution in [0.4, 0.5) is 0 Å². The van der Waals surface area contributed by atoms with Crippen molar-refractivity contribution in [2.75, 3.05) is 23.0 Å². The fraction of sp³-hybridized carbons (Fsp3) is 1.00. The van der Waals surface area contributed by atoms with E-state index in [1.165, 1.54) is 0 Å². The van der Waals surface area contributed by atoms with E-state index in [4.69, 9.17) is 0 Å².